The Morgan fingerprint density at radius 2 is 1.22 bits per heavy atom. The molecule has 2 aromatic carbocycles. The average molecular weight is 488 g/mol. The summed E-state index contributed by atoms with van der Waals surface area (Å²) in [6.07, 6.45) is -7.93. The van der Waals surface area contributed by atoms with Crippen LogP contribution in [0.4, 0.5) is 26.3 Å². The van der Waals surface area contributed by atoms with Crippen molar-refractivity contribution in [1.29, 1.82) is 0 Å². The van der Waals surface area contributed by atoms with Gasteiger partial charge in [0.1, 0.15) is 11.5 Å². The van der Waals surface area contributed by atoms with E-state index in [4.69, 9.17) is 0 Å². The van der Waals surface area contributed by atoms with Crippen LogP contribution in [-0.2, 0) is 0 Å². The Morgan fingerprint density at radius 3 is 1.75 bits per heavy atom. The molecule has 0 saturated carbocycles. The highest BCUT2D eigenvalue weighted by molar-refractivity contribution is 7.22. The summed E-state index contributed by atoms with van der Waals surface area (Å²) >= 11 is 2.61. The third-order valence-corrected chi connectivity index (χ3v) is 5.98. The second-order valence-electron chi connectivity index (χ2n) is 6.21. The molecule has 4 nitrogen and oxygen atoms in total. The number of rotatable bonds is 5. The van der Waals surface area contributed by atoms with Gasteiger partial charge in [0.05, 0.1) is 10.6 Å². The van der Waals surface area contributed by atoms with Crippen molar-refractivity contribution in [2.24, 2.45) is 0 Å². The number of hydrogen-bond donors (Lipinski definition) is 0. The first-order valence-electron chi connectivity index (χ1n) is 8.70. The fourth-order valence-corrected chi connectivity index (χ4v) is 4.45. The molecule has 0 N–H and O–H groups in total. The van der Waals surface area contributed by atoms with Crippen LogP contribution in [0.5, 0.6) is 11.5 Å². The second kappa shape index (κ2) is 8.43. The maximum Gasteiger partial charge on any atom is 0.573 e. The van der Waals surface area contributed by atoms with Crippen LogP contribution in [0.15, 0.2) is 60.1 Å². The van der Waals surface area contributed by atoms with Gasteiger partial charge >= 0.3 is 12.7 Å². The zero-order valence-corrected chi connectivity index (χ0v) is 17.2. The molecule has 0 atom stereocenters. The van der Waals surface area contributed by atoms with Crippen molar-refractivity contribution in [2.45, 2.75) is 12.7 Å². The maximum absolute atomic E-state index is 12.3. The van der Waals surface area contributed by atoms with Gasteiger partial charge in [-0.15, -0.1) is 49.0 Å². The van der Waals surface area contributed by atoms with E-state index in [0.717, 1.165) is 4.88 Å². The Labute approximate surface area is 184 Å². The lowest BCUT2D eigenvalue weighted by atomic mass is 10.2. The quantitative estimate of drug-likeness (QED) is 0.275. The summed E-state index contributed by atoms with van der Waals surface area (Å²) in [7, 11) is 0. The van der Waals surface area contributed by atoms with Crippen molar-refractivity contribution in [3.63, 3.8) is 0 Å². The molecule has 0 spiro atoms. The number of alkyl halides is 6. The molecule has 0 aliphatic heterocycles. The largest absolute Gasteiger partial charge is 0.573 e. The molecule has 0 radical (unpaired) electrons. The van der Waals surface area contributed by atoms with E-state index in [9.17, 15) is 26.3 Å². The van der Waals surface area contributed by atoms with E-state index < -0.39 is 12.7 Å². The first kappa shape index (κ1) is 22.1. The van der Waals surface area contributed by atoms with E-state index in [2.05, 4.69) is 19.4 Å². The third-order valence-electron chi connectivity index (χ3n) is 3.95. The molecule has 32 heavy (non-hydrogen) atoms. The standard InChI is InChI=1S/C20H10F6N2O2S2/c21-19(22,23)29-13-5-1-11(2-6-13)15-10-31-18(28-15)17-27-9-16(32-17)12-3-7-14(8-4-12)30-20(24,25)26/h1-10H. The van der Waals surface area contributed by atoms with E-state index in [1.54, 1.807) is 11.6 Å². The summed E-state index contributed by atoms with van der Waals surface area (Å²) in [5, 5.41) is 2.95. The van der Waals surface area contributed by atoms with Crippen molar-refractivity contribution >= 4 is 22.7 Å². The maximum atomic E-state index is 12.3. The first-order valence-corrected chi connectivity index (χ1v) is 10.4. The smallest absolute Gasteiger partial charge is 0.406 e. The molecule has 0 saturated heterocycles. The Morgan fingerprint density at radius 1 is 0.688 bits per heavy atom. The van der Waals surface area contributed by atoms with Crippen LogP contribution >= 0.6 is 22.7 Å². The third kappa shape index (κ3) is 5.56. The van der Waals surface area contributed by atoms with Gasteiger partial charge in [0.2, 0.25) is 0 Å². The minimum absolute atomic E-state index is 0.317. The Balaban J connectivity index is 1.49. The zero-order valence-electron chi connectivity index (χ0n) is 15.6. The van der Waals surface area contributed by atoms with Gasteiger partial charge in [0.15, 0.2) is 10.0 Å². The summed E-state index contributed by atoms with van der Waals surface area (Å²) in [6.45, 7) is 0. The molecule has 166 valence electrons. The minimum atomic E-state index is -4.76. The molecule has 12 heteroatoms. The van der Waals surface area contributed by atoms with Crippen LogP contribution in [0, 0.1) is 0 Å². The molecule has 4 aromatic rings. The minimum Gasteiger partial charge on any atom is -0.406 e. The molecule has 0 amide bonds. The van der Waals surface area contributed by atoms with Crippen molar-refractivity contribution in [3.8, 4) is 43.2 Å². The summed E-state index contributed by atoms with van der Waals surface area (Å²) in [6, 6.07) is 10.8. The summed E-state index contributed by atoms with van der Waals surface area (Å²) in [4.78, 5) is 9.52. The van der Waals surface area contributed by atoms with Gasteiger partial charge in [0, 0.05) is 17.1 Å². The molecule has 0 fully saturated rings. The van der Waals surface area contributed by atoms with E-state index >= 15 is 0 Å². The van der Waals surface area contributed by atoms with Gasteiger partial charge in [-0.2, -0.15) is 0 Å². The Bertz CT molecular complexity index is 1100. The fourth-order valence-electron chi connectivity index (χ4n) is 2.66. The number of nitrogens with zero attached hydrogens (tertiary/aromatic N) is 2. The van der Waals surface area contributed by atoms with Crippen molar-refractivity contribution < 1.29 is 35.8 Å². The highest BCUT2D eigenvalue weighted by atomic mass is 32.1. The van der Waals surface area contributed by atoms with Gasteiger partial charge in [-0.05, 0) is 54.1 Å². The molecular formula is C20H10F6N2O2S2. The van der Waals surface area contributed by atoms with Gasteiger partial charge in [-0.1, -0.05) is 0 Å². The molecule has 4 rings (SSSR count). The van der Waals surface area contributed by atoms with E-state index in [1.807, 2.05) is 0 Å². The molecule has 0 aliphatic carbocycles. The van der Waals surface area contributed by atoms with Crippen molar-refractivity contribution in [1.82, 2.24) is 9.97 Å². The summed E-state index contributed by atoms with van der Waals surface area (Å²) < 4.78 is 81.4. The molecule has 0 aliphatic rings. The van der Waals surface area contributed by atoms with E-state index in [0.29, 0.717) is 26.8 Å². The monoisotopic (exact) mass is 488 g/mol. The SMILES string of the molecule is FC(F)(F)Oc1ccc(-c2csc(-c3ncc(-c4ccc(OC(F)(F)F)cc4)s3)n2)cc1. The highest BCUT2D eigenvalue weighted by Crippen LogP contribution is 2.36. The van der Waals surface area contributed by atoms with Crippen LogP contribution in [0.25, 0.3) is 31.7 Å². The van der Waals surface area contributed by atoms with E-state index in [-0.39, 0.29) is 11.5 Å². The van der Waals surface area contributed by atoms with Crippen LogP contribution in [0.1, 0.15) is 0 Å². The number of halogens is 6. The summed E-state index contributed by atoms with van der Waals surface area (Å²) in [5.41, 5.74) is 1.84. The highest BCUT2D eigenvalue weighted by Gasteiger charge is 2.31. The van der Waals surface area contributed by atoms with Crippen LogP contribution in [0.2, 0.25) is 0 Å². The number of aromatic nitrogens is 2. The predicted molar refractivity (Wildman–Crippen MR) is 107 cm³/mol. The van der Waals surface area contributed by atoms with Crippen LogP contribution in [0.3, 0.4) is 0 Å². The van der Waals surface area contributed by atoms with Crippen molar-refractivity contribution in [2.75, 3.05) is 0 Å². The predicted octanol–water partition coefficient (Wildman–Crippen LogP) is 7.40. The van der Waals surface area contributed by atoms with Crippen LogP contribution < -0.4 is 9.47 Å². The lowest BCUT2D eigenvalue weighted by Crippen LogP contribution is -2.16. The fraction of sp³-hybridized carbons (Fsp3) is 0.100. The van der Waals surface area contributed by atoms with Crippen LogP contribution in [-0.4, -0.2) is 22.7 Å². The van der Waals surface area contributed by atoms with Gasteiger partial charge in [-0.3, -0.25) is 0 Å². The van der Waals surface area contributed by atoms with Gasteiger partial charge < -0.3 is 9.47 Å². The molecule has 2 aromatic heterocycles. The van der Waals surface area contributed by atoms with E-state index in [1.165, 1.54) is 71.2 Å². The number of thiazole rings is 2. The molecule has 0 bridgehead atoms. The van der Waals surface area contributed by atoms with Gasteiger partial charge in [0.25, 0.3) is 0 Å². The first-order chi connectivity index (χ1) is 15.1. The second-order valence-corrected chi connectivity index (χ2v) is 8.10. The lowest BCUT2D eigenvalue weighted by molar-refractivity contribution is -0.275. The van der Waals surface area contributed by atoms with Crippen molar-refractivity contribution in [3.05, 3.63) is 60.1 Å². The average Bonchev–Trinajstić information content (AvgIpc) is 3.36. The lowest BCUT2D eigenvalue weighted by Gasteiger charge is -2.08. The number of benzene rings is 2. The molecule has 0 unspecified atom stereocenters. The molecule has 2 heterocycles. The number of ether oxygens (including phenoxy) is 2. The molecular weight excluding hydrogens is 478 g/mol. The topological polar surface area (TPSA) is 44.2 Å². The Hall–Kier alpha value is -3.12. The normalized spacial score (nSPS) is 12.1. The zero-order chi connectivity index (χ0) is 22.9. The number of hydrogen-bond acceptors (Lipinski definition) is 6. The Kier molecular flexibility index (Phi) is 5.82. The van der Waals surface area contributed by atoms with Gasteiger partial charge in [-0.25, -0.2) is 9.97 Å². The summed E-state index contributed by atoms with van der Waals surface area (Å²) in [5.74, 6) is -0.643.